The van der Waals surface area contributed by atoms with E-state index in [9.17, 15) is 27.6 Å². The highest BCUT2D eigenvalue weighted by atomic mass is 35.5. The lowest BCUT2D eigenvalue weighted by Crippen LogP contribution is -2.66. The number of amidine groups is 1. The number of nitrogens with zero attached hydrogens (tertiary/aromatic N) is 6. The number of halogens is 7. The minimum atomic E-state index is -5.06. The number of carbonyl (C=O) groups excluding carboxylic acids is 3. The molecule has 9 nitrogen and oxygen atoms in total. The van der Waals surface area contributed by atoms with Crippen LogP contribution in [0.25, 0.3) is 0 Å². The van der Waals surface area contributed by atoms with Gasteiger partial charge in [0.15, 0.2) is 5.17 Å². The number of rotatable bonds is 6. The summed E-state index contributed by atoms with van der Waals surface area (Å²) in [6.07, 6.45) is -4.39. The minimum Gasteiger partial charge on any atom is -0.334 e. The monoisotopic (exact) mass is 798 g/mol. The molecule has 2 aromatic rings. The number of hydrogen-bond acceptors (Lipinski definition) is 7. The van der Waals surface area contributed by atoms with Gasteiger partial charge in [0.1, 0.15) is 33.6 Å². The molecule has 284 valence electrons. The Balaban J connectivity index is 1.23. The first-order valence-electron chi connectivity index (χ1n) is 17.4. The number of fused-ring (bicyclic) bond motifs is 1. The molecule has 0 N–H and O–H groups in total. The molecule has 5 atom stereocenters. The molecule has 1 aliphatic carbocycles. The number of allylic oxidation sites excluding steroid dienone is 1. The predicted molar refractivity (Wildman–Crippen MR) is 190 cm³/mol. The van der Waals surface area contributed by atoms with Crippen molar-refractivity contribution in [3.63, 3.8) is 0 Å². The molecule has 1 spiro atoms. The fourth-order valence-corrected chi connectivity index (χ4v) is 9.81. The summed E-state index contributed by atoms with van der Waals surface area (Å²) in [5, 5.41) is 0.657. The quantitative estimate of drug-likeness (QED) is 0.226. The number of hydrogen-bond donors (Lipinski definition) is 0. The Labute approximate surface area is 317 Å². The van der Waals surface area contributed by atoms with Crippen LogP contribution in [0.4, 0.5) is 22.0 Å². The van der Waals surface area contributed by atoms with Gasteiger partial charge < -0.3 is 19.6 Å². The largest absolute Gasteiger partial charge is 0.471 e. The van der Waals surface area contributed by atoms with Crippen molar-refractivity contribution in [2.24, 2.45) is 10.9 Å². The topological polar surface area (TPSA) is 89.4 Å². The van der Waals surface area contributed by atoms with Crippen LogP contribution in [0.15, 0.2) is 52.1 Å². The molecule has 3 fully saturated rings. The van der Waals surface area contributed by atoms with E-state index in [1.165, 1.54) is 21.9 Å². The summed E-state index contributed by atoms with van der Waals surface area (Å²) < 4.78 is 71.0. The van der Waals surface area contributed by atoms with Gasteiger partial charge in [-0.1, -0.05) is 56.1 Å². The van der Waals surface area contributed by atoms with Gasteiger partial charge in [0.05, 0.1) is 23.1 Å². The number of likely N-dealkylation sites (tertiary alicyclic amines) is 1. The molecule has 1 aromatic heterocycles. The van der Waals surface area contributed by atoms with Gasteiger partial charge in [-0.2, -0.15) is 13.2 Å². The predicted octanol–water partition coefficient (Wildman–Crippen LogP) is 7.25. The van der Waals surface area contributed by atoms with Crippen LogP contribution in [-0.4, -0.2) is 97.1 Å². The zero-order valence-corrected chi connectivity index (χ0v) is 31.6. The first-order chi connectivity index (χ1) is 24.9. The molecular formula is C36H37Cl2F5N6O3S. The van der Waals surface area contributed by atoms with Crippen LogP contribution in [0.3, 0.4) is 0 Å². The Morgan fingerprint density at radius 3 is 2.38 bits per heavy atom. The van der Waals surface area contributed by atoms with Crippen LogP contribution in [0, 0.1) is 11.7 Å². The van der Waals surface area contributed by atoms with Crippen LogP contribution < -0.4 is 0 Å². The van der Waals surface area contributed by atoms with E-state index in [2.05, 4.69) is 4.98 Å². The molecule has 0 unspecified atom stereocenters. The molecule has 1 aromatic carbocycles. The molecule has 1 saturated carbocycles. The zero-order chi connectivity index (χ0) is 38.4. The average Bonchev–Trinajstić information content (AvgIpc) is 3.45. The van der Waals surface area contributed by atoms with Crippen LogP contribution in [0.5, 0.6) is 0 Å². The SMILES string of the molecule is CC[C@H]1CN(C(=O)C(F)(F)F)C2(CC2)CN1C(=O)[C@@H]1C[C@@H](F)CN1C(=O)C1=C(C(C)C)N2C(=N[C@@](C)(c3ccc(Cl)nc3)[C@H]2c2ccc(Cl)c(F)c2)S1. The summed E-state index contributed by atoms with van der Waals surface area (Å²) >= 11 is 13.3. The highest BCUT2D eigenvalue weighted by Crippen LogP contribution is 2.57. The van der Waals surface area contributed by atoms with Crippen LogP contribution in [0.1, 0.15) is 70.5 Å². The van der Waals surface area contributed by atoms with E-state index < -0.39 is 65.1 Å². The number of aliphatic imine (C=N–C) groups is 1. The van der Waals surface area contributed by atoms with Crippen molar-refractivity contribution in [3.05, 3.63) is 74.3 Å². The van der Waals surface area contributed by atoms with Gasteiger partial charge in [-0.05, 0) is 67.6 Å². The normalized spacial score (nSPS) is 28.0. The molecule has 5 heterocycles. The Kier molecular flexibility index (Phi) is 9.57. The standard InChI is InChI=1S/C36H37Cl2F5N6O3S/c1-5-22-16-48(32(52)36(41,42)43)35(10-11-35)17-47(22)30(50)25-13-21(39)15-46(25)31(51)28-27(18(2)3)49-29(19-6-8-23(37)24(40)12-19)34(4,45-33(49)53-28)20-7-9-26(38)44-14-20/h6-9,12,14,18,21-22,25,29H,5,10-11,13,15-17H2,1-4H3/t21-,22+,25+,29-,34+/m1/s1. The van der Waals surface area contributed by atoms with Crippen LogP contribution in [0.2, 0.25) is 10.2 Å². The third kappa shape index (κ3) is 6.37. The second-order valence-corrected chi connectivity index (χ2v) is 16.6. The summed E-state index contributed by atoms with van der Waals surface area (Å²) in [6.45, 7) is 6.58. The summed E-state index contributed by atoms with van der Waals surface area (Å²) in [5.41, 5.74) is -0.412. The van der Waals surface area contributed by atoms with E-state index >= 15 is 8.78 Å². The smallest absolute Gasteiger partial charge is 0.334 e. The average molecular weight is 800 g/mol. The first kappa shape index (κ1) is 37.9. The van der Waals surface area contributed by atoms with Gasteiger partial charge in [0, 0.05) is 43.0 Å². The van der Waals surface area contributed by atoms with Crippen molar-refractivity contribution in [1.82, 2.24) is 24.6 Å². The van der Waals surface area contributed by atoms with Crippen molar-refractivity contribution in [3.8, 4) is 0 Å². The number of benzene rings is 1. The maximum atomic E-state index is 15.3. The minimum absolute atomic E-state index is 0.0640. The summed E-state index contributed by atoms with van der Waals surface area (Å²) in [7, 11) is 0. The second-order valence-electron chi connectivity index (χ2n) is 14.8. The van der Waals surface area contributed by atoms with Crippen molar-refractivity contribution < 1.29 is 36.3 Å². The highest BCUT2D eigenvalue weighted by Gasteiger charge is 2.61. The lowest BCUT2D eigenvalue weighted by Gasteiger charge is -2.48. The molecule has 17 heteroatoms. The fourth-order valence-electron chi connectivity index (χ4n) is 8.22. The van der Waals surface area contributed by atoms with Crippen molar-refractivity contribution in [2.75, 3.05) is 19.6 Å². The second kappa shape index (κ2) is 13.4. The van der Waals surface area contributed by atoms with Crippen molar-refractivity contribution in [2.45, 2.75) is 94.9 Å². The first-order valence-corrected chi connectivity index (χ1v) is 19.0. The van der Waals surface area contributed by atoms with Gasteiger partial charge in [-0.25, -0.2) is 18.8 Å². The summed E-state index contributed by atoms with van der Waals surface area (Å²) in [4.78, 5) is 56.4. The van der Waals surface area contributed by atoms with Gasteiger partial charge in [0.2, 0.25) is 5.91 Å². The number of piperazine rings is 1. The molecule has 2 saturated heterocycles. The van der Waals surface area contributed by atoms with Gasteiger partial charge >= 0.3 is 12.1 Å². The Morgan fingerprint density at radius 1 is 1.08 bits per heavy atom. The number of thioether (sulfide) groups is 1. The number of pyridine rings is 1. The van der Waals surface area contributed by atoms with Crippen LogP contribution >= 0.6 is 35.0 Å². The molecular weight excluding hydrogens is 762 g/mol. The third-order valence-corrected chi connectivity index (χ3v) is 12.6. The molecule has 4 aliphatic heterocycles. The van der Waals surface area contributed by atoms with E-state index in [0.717, 1.165) is 16.7 Å². The van der Waals surface area contributed by atoms with E-state index in [1.54, 1.807) is 31.3 Å². The molecule has 53 heavy (non-hydrogen) atoms. The van der Waals surface area contributed by atoms with Gasteiger partial charge in [0.25, 0.3) is 5.91 Å². The number of carbonyl (C=O) groups is 3. The highest BCUT2D eigenvalue weighted by molar-refractivity contribution is 8.18. The lowest BCUT2D eigenvalue weighted by atomic mass is 9.81. The Hall–Kier alpha value is -3.43. The Morgan fingerprint density at radius 2 is 1.79 bits per heavy atom. The van der Waals surface area contributed by atoms with Gasteiger partial charge in [-0.3, -0.25) is 14.4 Å². The number of amides is 3. The van der Waals surface area contributed by atoms with Gasteiger partial charge in [-0.15, -0.1) is 0 Å². The maximum absolute atomic E-state index is 15.3. The molecule has 5 aliphatic rings. The Bertz CT molecular complexity index is 1930. The summed E-state index contributed by atoms with van der Waals surface area (Å²) in [5.74, 6) is -4.00. The van der Waals surface area contributed by atoms with E-state index in [0.29, 0.717) is 34.8 Å². The number of aromatic nitrogens is 1. The third-order valence-electron chi connectivity index (χ3n) is 11.1. The fraction of sp³-hybridized carbons (Fsp3) is 0.528. The maximum Gasteiger partial charge on any atom is 0.471 e. The van der Waals surface area contributed by atoms with E-state index in [-0.39, 0.29) is 53.5 Å². The molecule has 7 rings (SSSR count). The zero-order valence-electron chi connectivity index (χ0n) is 29.3. The van der Waals surface area contributed by atoms with Crippen molar-refractivity contribution in [1.29, 1.82) is 0 Å². The molecule has 3 amide bonds. The van der Waals surface area contributed by atoms with E-state index in [1.807, 2.05) is 25.7 Å². The molecule has 0 radical (unpaired) electrons. The van der Waals surface area contributed by atoms with E-state index in [4.69, 9.17) is 28.2 Å². The van der Waals surface area contributed by atoms with Crippen molar-refractivity contribution >= 4 is 57.9 Å². The van der Waals surface area contributed by atoms with Crippen LogP contribution in [-0.2, 0) is 19.9 Å². The number of alkyl halides is 4. The molecule has 0 bridgehead atoms. The lowest BCUT2D eigenvalue weighted by molar-refractivity contribution is -0.193. The summed E-state index contributed by atoms with van der Waals surface area (Å²) in [6, 6.07) is 5.26.